The Morgan fingerprint density at radius 1 is 1.16 bits per heavy atom. The molecule has 0 bridgehead atoms. The second-order valence-corrected chi connectivity index (χ2v) is 7.07. The maximum Gasteiger partial charge on any atom is 0.329 e. The summed E-state index contributed by atoms with van der Waals surface area (Å²) < 4.78 is 19.3. The molecule has 2 saturated heterocycles. The number of nitrogens with zero attached hydrogens (tertiary/aromatic N) is 3. The van der Waals surface area contributed by atoms with Crippen molar-refractivity contribution in [3.05, 3.63) is 75.2 Å². The number of carbonyl (C=O) groups is 2. The highest BCUT2D eigenvalue weighted by molar-refractivity contribution is 6.14. The summed E-state index contributed by atoms with van der Waals surface area (Å²) in [6.07, 6.45) is 1.42. The Bertz CT molecular complexity index is 1080. The molecule has 1 N–H and O–H groups in total. The fraction of sp³-hybridized carbons (Fsp3) is 0.238. The van der Waals surface area contributed by atoms with Gasteiger partial charge in [0.15, 0.2) is 0 Å². The van der Waals surface area contributed by atoms with Crippen molar-refractivity contribution in [1.29, 1.82) is 0 Å². The van der Waals surface area contributed by atoms with E-state index >= 15 is 0 Å². The molecule has 0 spiro atoms. The summed E-state index contributed by atoms with van der Waals surface area (Å²) in [5.41, 5.74) is 1.15. The number of imide groups is 1. The molecule has 0 radical (unpaired) electrons. The Hall–Kier alpha value is -3.79. The first-order valence-corrected chi connectivity index (χ1v) is 9.63. The van der Waals surface area contributed by atoms with Crippen LogP contribution < -0.4 is 10.2 Å². The Morgan fingerprint density at radius 3 is 2.61 bits per heavy atom. The smallest absolute Gasteiger partial charge is 0.329 e. The van der Waals surface area contributed by atoms with Crippen molar-refractivity contribution in [3.8, 4) is 0 Å². The predicted octanol–water partition coefficient (Wildman–Crippen LogP) is 2.66. The molecule has 160 valence electrons. The molecule has 0 atom stereocenters. The number of halogens is 1. The van der Waals surface area contributed by atoms with Gasteiger partial charge >= 0.3 is 6.03 Å². The van der Waals surface area contributed by atoms with Crippen molar-refractivity contribution < 1.29 is 23.6 Å². The molecule has 2 aliphatic rings. The molecule has 2 aromatic carbocycles. The molecule has 3 amide bonds. The van der Waals surface area contributed by atoms with Crippen molar-refractivity contribution in [3.63, 3.8) is 0 Å². The lowest BCUT2D eigenvalue weighted by atomic mass is 10.1. The molecule has 0 aliphatic carbocycles. The first-order valence-electron chi connectivity index (χ1n) is 9.63. The van der Waals surface area contributed by atoms with Crippen LogP contribution in [0.25, 0.3) is 6.08 Å². The molecule has 31 heavy (non-hydrogen) atoms. The van der Waals surface area contributed by atoms with Gasteiger partial charge in [-0.2, -0.15) is 0 Å². The topological polar surface area (TPSA) is 105 Å². The summed E-state index contributed by atoms with van der Waals surface area (Å²) in [5.74, 6) is -1.15. The number of hydrogen-bond donors (Lipinski definition) is 1. The third-order valence-corrected chi connectivity index (χ3v) is 5.12. The lowest BCUT2D eigenvalue weighted by Gasteiger charge is -2.30. The molecule has 2 aromatic rings. The number of nitro groups is 1. The van der Waals surface area contributed by atoms with Gasteiger partial charge in [-0.25, -0.2) is 9.18 Å². The van der Waals surface area contributed by atoms with Crippen LogP contribution in [-0.2, 0) is 16.1 Å². The van der Waals surface area contributed by atoms with Crippen LogP contribution in [0.15, 0.2) is 48.2 Å². The van der Waals surface area contributed by atoms with Gasteiger partial charge in [-0.05, 0) is 18.2 Å². The van der Waals surface area contributed by atoms with E-state index in [1.807, 2.05) is 4.90 Å². The number of urea groups is 1. The van der Waals surface area contributed by atoms with Gasteiger partial charge in [0, 0.05) is 42.0 Å². The highest BCUT2D eigenvalue weighted by Crippen LogP contribution is 2.29. The number of hydrogen-bond acceptors (Lipinski definition) is 6. The van der Waals surface area contributed by atoms with Gasteiger partial charge < -0.3 is 15.0 Å². The lowest BCUT2D eigenvalue weighted by Crippen LogP contribution is -2.36. The summed E-state index contributed by atoms with van der Waals surface area (Å²) in [5, 5.41) is 13.7. The average Bonchev–Trinajstić information content (AvgIpc) is 3.03. The Balaban J connectivity index is 1.66. The molecule has 0 saturated carbocycles. The Kier molecular flexibility index (Phi) is 5.63. The van der Waals surface area contributed by atoms with Crippen molar-refractivity contribution in [2.24, 2.45) is 0 Å². The average molecular weight is 426 g/mol. The van der Waals surface area contributed by atoms with Crippen molar-refractivity contribution in [2.45, 2.75) is 6.54 Å². The van der Waals surface area contributed by atoms with E-state index in [1.165, 1.54) is 36.4 Å². The van der Waals surface area contributed by atoms with E-state index in [2.05, 4.69) is 5.32 Å². The quantitative estimate of drug-likeness (QED) is 0.341. The summed E-state index contributed by atoms with van der Waals surface area (Å²) in [6, 6.07) is 9.57. The van der Waals surface area contributed by atoms with Crippen LogP contribution in [0.5, 0.6) is 0 Å². The van der Waals surface area contributed by atoms with Crippen molar-refractivity contribution in [2.75, 3.05) is 31.2 Å². The fourth-order valence-electron chi connectivity index (χ4n) is 3.53. The van der Waals surface area contributed by atoms with Crippen LogP contribution in [0.1, 0.15) is 11.1 Å². The van der Waals surface area contributed by atoms with Crippen molar-refractivity contribution >= 4 is 29.4 Å². The number of nitro benzene ring substituents is 1. The van der Waals surface area contributed by atoms with Gasteiger partial charge in [-0.3, -0.25) is 19.8 Å². The standard InChI is InChI=1S/C21H19FN4O5/c22-17-4-2-1-3-14(17)13-25-20(27)18(23-21(25)28)12-15-11-16(26(29)30)5-6-19(15)24-7-9-31-10-8-24/h1-6,11-12H,7-10,13H2,(H,23,28)/b18-12-. The van der Waals surface area contributed by atoms with Crippen LogP contribution in [0, 0.1) is 15.9 Å². The fourth-order valence-corrected chi connectivity index (χ4v) is 3.53. The first-order chi connectivity index (χ1) is 14.9. The molecule has 0 aromatic heterocycles. The van der Waals surface area contributed by atoms with Crippen molar-refractivity contribution in [1.82, 2.24) is 10.2 Å². The van der Waals surface area contributed by atoms with Crippen LogP contribution in [-0.4, -0.2) is 48.1 Å². The molecule has 9 nitrogen and oxygen atoms in total. The van der Waals surface area contributed by atoms with Crippen LogP contribution in [0.2, 0.25) is 0 Å². The summed E-state index contributed by atoms with van der Waals surface area (Å²) in [6.45, 7) is 1.99. The molecule has 2 heterocycles. The van der Waals surface area contributed by atoms with E-state index in [0.29, 0.717) is 37.6 Å². The van der Waals surface area contributed by atoms with E-state index in [1.54, 1.807) is 12.1 Å². The van der Waals surface area contributed by atoms with Gasteiger partial charge in [0.1, 0.15) is 11.5 Å². The third kappa shape index (κ3) is 4.24. The minimum Gasteiger partial charge on any atom is -0.378 e. The third-order valence-electron chi connectivity index (χ3n) is 5.12. The summed E-state index contributed by atoms with van der Waals surface area (Å²) >= 11 is 0. The minimum atomic E-state index is -0.683. The first kappa shape index (κ1) is 20.5. The zero-order valence-corrected chi connectivity index (χ0v) is 16.4. The van der Waals surface area contributed by atoms with E-state index in [9.17, 15) is 24.1 Å². The molecule has 2 aliphatic heterocycles. The molecule has 4 rings (SSSR count). The number of rotatable bonds is 5. The van der Waals surface area contributed by atoms with E-state index in [4.69, 9.17) is 4.74 Å². The molecular formula is C21H19FN4O5. The van der Waals surface area contributed by atoms with E-state index in [-0.39, 0.29) is 23.5 Å². The second-order valence-electron chi connectivity index (χ2n) is 7.07. The zero-order chi connectivity index (χ0) is 22.0. The van der Waals surface area contributed by atoms with Crippen LogP contribution >= 0.6 is 0 Å². The number of ether oxygens (including phenoxy) is 1. The number of benzene rings is 2. The van der Waals surface area contributed by atoms with E-state index in [0.717, 1.165) is 4.90 Å². The normalized spacial score (nSPS) is 17.9. The highest BCUT2D eigenvalue weighted by Gasteiger charge is 2.34. The molecule has 0 unspecified atom stereocenters. The minimum absolute atomic E-state index is 0.0312. The largest absolute Gasteiger partial charge is 0.378 e. The van der Waals surface area contributed by atoms with Crippen LogP contribution in [0.4, 0.5) is 20.6 Å². The predicted molar refractivity (Wildman–Crippen MR) is 110 cm³/mol. The highest BCUT2D eigenvalue weighted by atomic mass is 19.1. The number of nitrogens with one attached hydrogen (secondary N) is 1. The SMILES string of the molecule is O=C1N/C(=C\c2cc([N+](=O)[O-])ccc2N2CCOCC2)C(=O)N1Cc1ccccc1F. The molecule has 10 heteroatoms. The Morgan fingerprint density at radius 2 is 1.90 bits per heavy atom. The number of amides is 3. The van der Waals surface area contributed by atoms with Gasteiger partial charge in [0.05, 0.1) is 24.7 Å². The Labute approximate surface area is 176 Å². The summed E-state index contributed by atoms with van der Waals surface area (Å²) in [4.78, 5) is 38.8. The monoisotopic (exact) mass is 426 g/mol. The van der Waals surface area contributed by atoms with Gasteiger partial charge in [-0.15, -0.1) is 0 Å². The lowest BCUT2D eigenvalue weighted by molar-refractivity contribution is -0.384. The molecule has 2 fully saturated rings. The second kappa shape index (κ2) is 8.52. The number of anilines is 1. The van der Waals surface area contributed by atoms with Gasteiger partial charge in [-0.1, -0.05) is 18.2 Å². The zero-order valence-electron chi connectivity index (χ0n) is 16.4. The van der Waals surface area contributed by atoms with Crippen LogP contribution in [0.3, 0.4) is 0 Å². The van der Waals surface area contributed by atoms with E-state index < -0.39 is 22.7 Å². The number of non-ortho nitro benzene ring substituents is 1. The maximum atomic E-state index is 14.0. The number of morpholine rings is 1. The van der Waals surface area contributed by atoms with Gasteiger partial charge in [0.2, 0.25) is 0 Å². The molecular weight excluding hydrogens is 407 g/mol. The van der Waals surface area contributed by atoms with Gasteiger partial charge in [0.25, 0.3) is 11.6 Å². The number of carbonyl (C=O) groups excluding carboxylic acids is 2. The maximum absolute atomic E-state index is 14.0. The summed E-state index contributed by atoms with van der Waals surface area (Å²) in [7, 11) is 0.